The van der Waals surface area contributed by atoms with Crippen molar-refractivity contribution in [2.24, 2.45) is 5.10 Å². The summed E-state index contributed by atoms with van der Waals surface area (Å²) in [4.78, 5) is 4.85. The van der Waals surface area contributed by atoms with Crippen molar-refractivity contribution in [1.82, 2.24) is 9.29 Å². The lowest BCUT2D eigenvalue weighted by atomic mass is 10.2. The molecule has 2 aromatic carbocycles. The minimum atomic E-state index is -3.41. The van der Waals surface area contributed by atoms with Gasteiger partial charge in [0.15, 0.2) is 11.5 Å². The molecule has 1 aliphatic rings. The Morgan fingerprint density at radius 2 is 1.78 bits per heavy atom. The zero-order chi connectivity index (χ0) is 22.6. The number of sulfonamides is 1. The molecular weight excluding hydrogens is 448 g/mol. The number of hydrogen-bond acceptors (Lipinski definition) is 8. The van der Waals surface area contributed by atoms with Crippen LogP contribution in [-0.2, 0) is 10.0 Å². The molecule has 0 unspecified atom stereocenters. The van der Waals surface area contributed by atoms with Gasteiger partial charge < -0.3 is 9.47 Å². The third-order valence-electron chi connectivity index (χ3n) is 5.14. The molecule has 0 aliphatic carbocycles. The SMILES string of the molecule is COc1ccc(/C=N\Nc2nc(-c3ccc(S(=O)(=O)N4CCCC4)cc3)cs2)cc1OC. The Labute approximate surface area is 191 Å². The van der Waals surface area contributed by atoms with Crippen LogP contribution in [0.3, 0.4) is 0 Å². The van der Waals surface area contributed by atoms with Crippen LogP contribution < -0.4 is 14.9 Å². The lowest BCUT2D eigenvalue weighted by Crippen LogP contribution is -2.27. The predicted octanol–water partition coefficient (Wildman–Crippen LogP) is 4.06. The van der Waals surface area contributed by atoms with Crippen LogP contribution in [0, 0.1) is 0 Å². The average Bonchev–Trinajstić information content (AvgIpc) is 3.52. The third-order valence-corrected chi connectivity index (χ3v) is 7.80. The van der Waals surface area contributed by atoms with Gasteiger partial charge in [0, 0.05) is 24.0 Å². The molecule has 32 heavy (non-hydrogen) atoms. The molecule has 1 aliphatic heterocycles. The van der Waals surface area contributed by atoms with E-state index in [1.807, 2.05) is 23.6 Å². The van der Waals surface area contributed by atoms with Crippen molar-refractivity contribution < 1.29 is 17.9 Å². The van der Waals surface area contributed by atoms with Crippen LogP contribution in [-0.4, -0.2) is 51.2 Å². The predicted molar refractivity (Wildman–Crippen MR) is 126 cm³/mol. The van der Waals surface area contributed by atoms with Gasteiger partial charge in [0.2, 0.25) is 15.2 Å². The molecule has 8 nitrogen and oxygen atoms in total. The standard InChI is InChI=1S/C22H24N4O4S2/c1-29-20-10-5-16(13-21(20)30-2)14-23-25-22-24-19(15-31-22)17-6-8-18(9-7-17)32(27,28)26-11-3-4-12-26/h5-10,13-15H,3-4,11-12H2,1-2H3,(H,24,25)/b23-14-. The van der Waals surface area contributed by atoms with E-state index in [-0.39, 0.29) is 0 Å². The highest BCUT2D eigenvalue weighted by Crippen LogP contribution is 2.28. The minimum Gasteiger partial charge on any atom is -0.493 e. The number of anilines is 1. The van der Waals surface area contributed by atoms with Gasteiger partial charge in [-0.3, -0.25) is 5.43 Å². The van der Waals surface area contributed by atoms with Crippen LogP contribution in [0.15, 0.2) is 57.8 Å². The second-order valence-corrected chi connectivity index (χ2v) is 9.95. The van der Waals surface area contributed by atoms with Gasteiger partial charge in [-0.2, -0.15) is 9.41 Å². The van der Waals surface area contributed by atoms with Crippen molar-refractivity contribution in [3.63, 3.8) is 0 Å². The van der Waals surface area contributed by atoms with E-state index >= 15 is 0 Å². The van der Waals surface area contributed by atoms with Crippen molar-refractivity contribution in [2.75, 3.05) is 32.7 Å². The number of nitrogens with zero attached hydrogens (tertiary/aromatic N) is 3. The summed E-state index contributed by atoms with van der Waals surface area (Å²) >= 11 is 1.42. The summed E-state index contributed by atoms with van der Waals surface area (Å²) in [6.45, 7) is 1.18. The van der Waals surface area contributed by atoms with Gasteiger partial charge >= 0.3 is 0 Å². The number of benzene rings is 2. The molecule has 1 aromatic heterocycles. The van der Waals surface area contributed by atoms with Gasteiger partial charge in [-0.05, 0) is 48.7 Å². The molecule has 0 amide bonds. The Morgan fingerprint density at radius 3 is 2.47 bits per heavy atom. The topological polar surface area (TPSA) is 93.1 Å². The first kappa shape index (κ1) is 22.3. The Morgan fingerprint density at radius 1 is 1.06 bits per heavy atom. The number of hydrogen-bond donors (Lipinski definition) is 1. The fraction of sp³-hybridized carbons (Fsp3) is 0.273. The van der Waals surface area contributed by atoms with E-state index in [0.717, 1.165) is 29.7 Å². The van der Waals surface area contributed by atoms with E-state index in [4.69, 9.17) is 9.47 Å². The maximum atomic E-state index is 12.7. The van der Waals surface area contributed by atoms with Gasteiger partial charge in [-0.25, -0.2) is 13.4 Å². The first-order chi connectivity index (χ1) is 15.5. The number of aromatic nitrogens is 1. The average molecular weight is 473 g/mol. The van der Waals surface area contributed by atoms with Crippen molar-refractivity contribution in [2.45, 2.75) is 17.7 Å². The quantitative estimate of drug-likeness (QED) is 0.393. The van der Waals surface area contributed by atoms with E-state index in [9.17, 15) is 8.42 Å². The number of thiazole rings is 1. The summed E-state index contributed by atoms with van der Waals surface area (Å²) in [6, 6.07) is 12.4. The molecule has 3 aromatic rings. The third kappa shape index (κ3) is 4.77. The lowest BCUT2D eigenvalue weighted by Gasteiger charge is -2.15. The molecule has 4 rings (SSSR count). The molecule has 0 atom stereocenters. The maximum absolute atomic E-state index is 12.7. The number of hydrazone groups is 1. The summed E-state index contributed by atoms with van der Waals surface area (Å²) in [5.41, 5.74) is 5.37. The van der Waals surface area contributed by atoms with E-state index in [1.54, 1.807) is 49.0 Å². The van der Waals surface area contributed by atoms with Gasteiger partial charge in [-0.15, -0.1) is 11.3 Å². The fourth-order valence-electron chi connectivity index (χ4n) is 3.43. The van der Waals surface area contributed by atoms with Crippen LogP contribution in [0.25, 0.3) is 11.3 Å². The summed E-state index contributed by atoms with van der Waals surface area (Å²) in [6.07, 6.45) is 3.50. The fourth-order valence-corrected chi connectivity index (χ4v) is 5.61. The number of methoxy groups -OCH3 is 2. The molecule has 1 saturated heterocycles. The molecular formula is C22H24N4O4S2. The molecule has 0 bridgehead atoms. The largest absolute Gasteiger partial charge is 0.493 e. The second kappa shape index (κ2) is 9.68. The van der Waals surface area contributed by atoms with Gasteiger partial charge in [0.25, 0.3) is 0 Å². The zero-order valence-corrected chi connectivity index (χ0v) is 19.4. The van der Waals surface area contributed by atoms with E-state index in [1.165, 1.54) is 11.3 Å². The lowest BCUT2D eigenvalue weighted by molar-refractivity contribution is 0.355. The Balaban J connectivity index is 1.42. The number of nitrogens with one attached hydrogen (secondary N) is 1. The van der Waals surface area contributed by atoms with Crippen molar-refractivity contribution in [3.05, 3.63) is 53.4 Å². The van der Waals surface area contributed by atoms with Crippen molar-refractivity contribution in [1.29, 1.82) is 0 Å². The molecule has 2 heterocycles. The minimum absolute atomic E-state index is 0.316. The molecule has 0 spiro atoms. The molecule has 1 N–H and O–H groups in total. The monoisotopic (exact) mass is 472 g/mol. The number of rotatable bonds is 8. The number of ether oxygens (including phenoxy) is 2. The van der Waals surface area contributed by atoms with Crippen molar-refractivity contribution >= 4 is 32.7 Å². The van der Waals surface area contributed by atoms with E-state index in [0.29, 0.717) is 34.6 Å². The van der Waals surface area contributed by atoms with Crippen LogP contribution in [0.1, 0.15) is 18.4 Å². The van der Waals surface area contributed by atoms with Crippen molar-refractivity contribution in [3.8, 4) is 22.8 Å². The maximum Gasteiger partial charge on any atom is 0.243 e. The summed E-state index contributed by atoms with van der Waals surface area (Å²) in [5.74, 6) is 1.28. The van der Waals surface area contributed by atoms with Crippen LogP contribution in [0.4, 0.5) is 5.13 Å². The Kier molecular flexibility index (Phi) is 6.73. The highest BCUT2D eigenvalue weighted by atomic mass is 32.2. The van der Waals surface area contributed by atoms with Gasteiger partial charge in [0.05, 0.1) is 31.0 Å². The normalized spacial score (nSPS) is 14.7. The first-order valence-electron chi connectivity index (χ1n) is 10.1. The molecule has 168 valence electrons. The molecule has 0 radical (unpaired) electrons. The summed E-state index contributed by atoms with van der Waals surface area (Å²) < 4.78 is 37.4. The molecule has 10 heteroatoms. The summed E-state index contributed by atoms with van der Waals surface area (Å²) in [5, 5.41) is 6.76. The van der Waals surface area contributed by atoms with Crippen LogP contribution >= 0.6 is 11.3 Å². The molecule has 1 fully saturated rings. The Bertz CT molecular complexity index is 1200. The van der Waals surface area contributed by atoms with Gasteiger partial charge in [0.1, 0.15) is 0 Å². The smallest absolute Gasteiger partial charge is 0.243 e. The second-order valence-electron chi connectivity index (χ2n) is 7.16. The van der Waals surface area contributed by atoms with Gasteiger partial charge in [-0.1, -0.05) is 12.1 Å². The molecule has 0 saturated carbocycles. The van der Waals surface area contributed by atoms with E-state index < -0.39 is 10.0 Å². The first-order valence-corrected chi connectivity index (χ1v) is 12.4. The van der Waals surface area contributed by atoms with Crippen LogP contribution in [0.2, 0.25) is 0 Å². The highest BCUT2D eigenvalue weighted by molar-refractivity contribution is 7.89. The van der Waals surface area contributed by atoms with E-state index in [2.05, 4.69) is 15.5 Å². The Hall–Kier alpha value is -2.95. The summed E-state index contributed by atoms with van der Waals surface area (Å²) in [7, 11) is -0.237. The zero-order valence-electron chi connectivity index (χ0n) is 17.8. The highest BCUT2D eigenvalue weighted by Gasteiger charge is 2.27. The van der Waals surface area contributed by atoms with Crippen LogP contribution in [0.5, 0.6) is 11.5 Å².